The average molecular weight is 368 g/mol. The van der Waals surface area contributed by atoms with Gasteiger partial charge < -0.3 is 19.4 Å². The molecule has 1 fully saturated rings. The lowest BCUT2D eigenvalue weighted by Gasteiger charge is -2.27. The summed E-state index contributed by atoms with van der Waals surface area (Å²) in [6.07, 6.45) is 4.79. The summed E-state index contributed by atoms with van der Waals surface area (Å²) >= 11 is 0. The van der Waals surface area contributed by atoms with Crippen LogP contribution in [0.25, 0.3) is 22.2 Å². The summed E-state index contributed by atoms with van der Waals surface area (Å²) in [5.74, 6) is -0.397. The maximum atomic E-state index is 14.9. The number of anilines is 1. The molecule has 0 bridgehead atoms. The highest BCUT2D eigenvalue weighted by atomic mass is 19.1. The molecule has 5 rings (SSSR count). The van der Waals surface area contributed by atoms with Crippen molar-refractivity contribution in [3.8, 4) is 11.1 Å². The molecule has 0 spiro atoms. The Morgan fingerprint density at radius 2 is 2.22 bits per heavy atom. The van der Waals surface area contributed by atoms with E-state index >= 15 is 0 Å². The molecule has 1 atom stereocenters. The Morgan fingerprint density at radius 1 is 1.30 bits per heavy atom. The summed E-state index contributed by atoms with van der Waals surface area (Å²) in [6.45, 7) is 1.94. The van der Waals surface area contributed by atoms with Crippen LogP contribution < -0.4 is 4.90 Å². The van der Waals surface area contributed by atoms with Gasteiger partial charge >= 0.3 is 0 Å². The van der Waals surface area contributed by atoms with Gasteiger partial charge in [0.25, 0.3) is 0 Å². The molecule has 0 unspecified atom stereocenters. The zero-order valence-electron chi connectivity index (χ0n) is 14.4. The van der Waals surface area contributed by atoms with Gasteiger partial charge in [0.15, 0.2) is 0 Å². The minimum Gasteiger partial charge on any atom is -0.376 e. The Balaban J connectivity index is 1.51. The van der Waals surface area contributed by atoms with Gasteiger partial charge in [0, 0.05) is 29.7 Å². The van der Waals surface area contributed by atoms with Gasteiger partial charge in [-0.1, -0.05) is 0 Å². The first-order chi connectivity index (χ1) is 13.2. The van der Waals surface area contributed by atoms with Crippen LogP contribution in [-0.4, -0.2) is 53.3 Å². The van der Waals surface area contributed by atoms with Crippen LogP contribution in [0.5, 0.6) is 0 Å². The minimum atomic E-state index is -0.358. The summed E-state index contributed by atoms with van der Waals surface area (Å²) in [7, 11) is 0. The van der Waals surface area contributed by atoms with Crippen LogP contribution in [-0.2, 0) is 20.7 Å². The van der Waals surface area contributed by atoms with Crippen molar-refractivity contribution in [1.82, 2.24) is 15.0 Å². The number of aromatic amines is 1. The van der Waals surface area contributed by atoms with E-state index in [2.05, 4.69) is 15.0 Å². The summed E-state index contributed by atoms with van der Waals surface area (Å²) < 4.78 is 26.0. The van der Waals surface area contributed by atoms with Crippen LogP contribution in [0.1, 0.15) is 5.69 Å². The van der Waals surface area contributed by atoms with Gasteiger partial charge in [-0.3, -0.25) is 9.78 Å². The fraction of sp³-hybridized carbons (Fsp3) is 0.316. The van der Waals surface area contributed by atoms with E-state index < -0.39 is 0 Å². The molecule has 0 aliphatic carbocycles. The number of carbonyl (C=O) groups is 1. The molecule has 8 heteroatoms. The molecule has 3 aromatic rings. The first-order valence-corrected chi connectivity index (χ1v) is 8.81. The van der Waals surface area contributed by atoms with Gasteiger partial charge in [0.1, 0.15) is 11.5 Å². The normalized spacial score (nSPS) is 19.7. The highest BCUT2D eigenvalue weighted by Crippen LogP contribution is 2.34. The molecule has 1 amide bonds. The van der Waals surface area contributed by atoms with Gasteiger partial charge in [0.2, 0.25) is 5.91 Å². The Morgan fingerprint density at radius 3 is 3.07 bits per heavy atom. The first-order valence-electron chi connectivity index (χ1n) is 8.81. The largest absolute Gasteiger partial charge is 0.376 e. The number of nitrogens with one attached hydrogen (secondary N) is 1. The number of fused-ring (bicyclic) bond motifs is 2. The SMILES string of the molecule is O=C1Cc2ncc(-c3cnc4[nH]ccc4c3F)cc2N1C[C@H]1COCCO1. The Hall–Kier alpha value is -2.84. The van der Waals surface area contributed by atoms with Gasteiger partial charge in [-0.25, -0.2) is 9.37 Å². The number of amides is 1. The van der Waals surface area contributed by atoms with Crippen molar-refractivity contribution >= 4 is 22.6 Å². The molecule has 2 aliphatic rings. The molecule has 0 saturated carbocycles. The Bertz CT molecular complexity index is 1030. The molecule has 5 heterocycles. The van der Waals surface area contributed by atoms with Gasteiger partial charge in [-0.05, 0) is 12.1 Å². The monoisotopic (exact) mass is 368 g/mol. The van der Waals surface area contributed by atoms with Crippen LogP contribution >= 0.6 is 0 Å². The molecule has 7 nitrogen and oxygen atoms in total. The lowest BCUT2D eigenvalue weighted by atomic mass is 10.1. The summed E-state index contributed by atoms with van der Waals surface area (Å²) in [5, 5.41) is 0.425. The molecular formula is C19H17FN4O3. The number of aromatic nitrogens is 3. The fourth-order valence-electron chi connectivity index (χ4n) is 3.59. The summed E-state index contributed by atoms with van der Waals surface area (Å²) in [5.41, 5.74) is 2.82. The molecule has 0 radical (unpaired) electrons. The predicted octanol–water partition coefficient (Wildman–Crippen LogP) is 2.07. The van der Waals surface area contributed by atoms with Crippen LogP contribution in [0.15, 0.2) is 30.7 Å². The quantitative estimate of drug-likeness (QED) is 0.766. The second-order valence-electron chi connectivity index (χ2n) is 6.66. The van der Waals surface area contributed by atoms with Crippen molar-refractivity contribution in [3.05, 3.63) is 42.2 Å². The number of carbonyl (C=O) groups excluding carboxylic acids is 1. The van der Waals surface area contributed by atoms with Crippen LogP contribution in [0.3, 0.4) is 0 Å². The lowest BCUT2D eigenvalue weighted by molar-refractivity contribution is -0.119. The zero-order chi connectivity index (χ0) is 18.4. The van der Waals surface area contributed by atoms with E-state index in [0.29, 0.717) is 59.9 Å². The number of halogens is 1. The van der Waals surface area contributed by atoms with Crippen LogP contribution in [0, 0.1) is 5.82 Å². The van der Waals surface area contributed by atoms with E-state index in [1.54, 1.807) is 29.4 Å². The maximum Gasteiger partial charge on any atom is 0.233 e. The van der Waals surface area contributed by atoms with Gasteiger partial charge in [0.05, 0.1) is 55.7 Å². The predicted molar refractivity (Wildman–Crippen MR) is 95.9 cm³/mol. The van der Waals surface area contributed by atoms with E-state index in [9.17, 15) is 9.18 Å². The van der Waals surface area contributed by atoms with Crippen LogP contribution in [0.4, 0.5) is 10.1 Å². The van der Waals surface area contributed by atoms with Crippen molar-refractivity contribution in [2.45, 2.75) is 12.5 Å². The number of rotatable bonds is 3. The number of ether oxygens (including phenoxy) is 2. The molecule has 1 N–H and O–H groups in total. The fourth-order valence-corrected chi connectivity index (χ4v) is 3.59. The standard InChI is InChI=1S/C19H17FN4O3/c20-18-13-1-2-21-19(13)23-8-14(18)11-5-16-15(22-7-11)6-17(25)24(16)9-12-10-26-3-4-27-12/h1-2,5,7-8,12H,3-4,6,9-10H2,(H,21,23)/t12-/m0/s1. The number of nitrogens with zero attached hydrogens (tertiary/aromatic N) is 3. The lowest BCUT2D eigenvalue weighted by Crippen LogP contribution is -2.41. The molecule has 3 aromatic heterocycles. The third-order valence-electron chi connectivity index (χ3n) is 4.96. The number of H-pyrrole nitrogens is 1. The smallest absolute Gasteiger partial charge is 0.233 e. The Kier molecular flexibility index (Phi) is 3.87. The zero-order valence-corrected chi connectivity index (χ0v) is 14.4. The summed E-state index contributed by atoms with van der Waals surface area (Å²) in [4.78, 5) is 25.7. The van der Waals surface area contributed by atoms with Gasteiger partial charge in [-0.15, -0.1) is 0 Å². The second kappa shape index (κ2) is 6.40. The first kappa shape index (κ1) is 16.3. The highest BCUT2D eigenvalue weighted by Gasteiger charge is 2.32. The molecule has 2 aliphatic heterocycles. The number of hydrogen-bond acceptors (Lipinski definition) is 5. The molecular weight excluding hydrogens is 351 g/mol. The molecule has 0 aromatic carbocycles. The molecule has 138 valence electrons. The van der Waals surface area contributed by atoms with E-state index in [0.717, 1.165) is 0 Å². The third-order valence-corrected chi connectivity index (χ3v) is 4.96. The topological polar surface area (TPSA) is 80.3 Å². The highest BCUT2D eigenvalue weighted by molar-refractivity contribution is 6.01. The van der Waals surface area contributed by atoms with Crippen molar-refractivity contribution < 1.29 is 18.7 Å². The van der Waals surface area contributed by atoms with E-state index in [-0.39, 0.29) is 24.2 Å². The Labute approximate surface area is 154 Å². The van der Waals surface area contributed by atoms with Gasteiger partial charge in [-0.2, -0.15) is 0 Å². The third kappa shape index (κ3) is 2.77. The number of pyridine rings is 2. The van der Waals surface area contributed by atoms with Crippen molar-refractivity contribution in [3.63, 3.8) is 0 Å². The van der Waals surface area contributed by atoms with Crippen molar-refractivity contribution in [1.29, 1.82) is 0 Å². The molecule has 27 heavy (non-hydrogen) atoms. The van der Waals surface area contributed by atoms with Crippen LogP contribution in [0.2, 0.25) is 0 Å². The minimum absolute atomic E-state index is 0.0384. The van der Waals surface area contributed by atoms with Crippen molar-refractivity contribution in [2.24, 2.45) is 0 Å². The van der Waals surface area contributed by atoms with E-state index in [1.165, 1.54) is 6.20 Å². The van der Waals surface area contributed by atoms with E-state index in [1.807, 2.05) is 0 Å². The second-order valence-corrected chi connectivity index (χ2v) is 6.66. The summed E-state index contributed by atoms with van der Waals surface area (Å²) in [6, 6.07) is 3.45. The molecule has 1 saturated heterocycles. The van der Waals surface area contributed by atoms with Crippen molar-refractivity contribution in [2.75, 3.05) is 31.3 Å². The average Bonchev–Trinajstić information content (AvgIpc) is 3.28. The number of hydrogen-bond donors (Lipinski definition) is 1. The maximum absolute atomic E-state index is 14.9. The van der Waals surface area contributed by atoms with E-state index in [4.69, 9.17) is 9.47 Å².